The summed E-state index contributed by atoms with van der Waals surface area (Å²) in [6.45, 7) is 1.75. The second kappa shape index (κ2) is 9.71. The number of alkyl halides is 3. The van der Waals surface area contributed by atoms with E-state index in [1.54, 1.807) is 6.92 Å². The number of carbonyl (C=O) groups is 2. The molecule has 3 rings (SSSR count). The summed E-state index contributed by atoms with van der Waals surface area (Å²) in [6, 6.07) is 6.56. The molecule has 0 aliphatic carbocycles. The largest absolute Gasteiger partial charge is 0.481 e. The Morgan fingerprint density at radius 1 is 1.00 bits per heavy atom. The van der Waals surface area contributed by atoms with Gasteiger partial charge in [0.15, 0.2) is 0 Å². The molecule has 0 radical (unpaired) electrons. The van der Waals surface area contributed by atoms with Gasteiger partial charge >= 0.3 is 12.1 Å². The lowest BCUT2D eigenvalue weighted by atomic mass is 10.1. The number of carbonyl (C=O) groups excluding carboxylic acids is 1. The minimum absolute atomic E-state index is 0.0163. The summed E-state index contributed by atoms with van der Waals surface area (Å²) < 4.78 is 79.0. The zero-order chi connectivity index (χ0) is 25.3. The van der Waals surface area contributed by atoms with Crippen LogP contribution in [-0.2, 0) is 38.6 Å². The zero-order valence-electron chi connectivity index (χ0n) is 18.1. The highest BCUT2D eigenvalue weighted by atomic mass is 32.2. The van der Waals surface area contributed by atoms with Crippen molar-refractivity contribution in [3.63, 3.8) is 0 Å². The van der Waals surface area contributed by atoms with Crippen LogP contribution in [0.2, 0.25) is 0 Å². The lowest BCUT2D eigenvalue weighted by Crippen LogP contribution is -2.50. The normalized spacial score (nSPS) is 15.4. The number of sulfonamides is 1. The molecule has 0 saturated carbocycles. The average molecular weight is 502 g/mol. The quantitative estimate of drug-likeness (QED) is 0.613. The number of halogens is 4. The molecule has 1 fully saturated rings. The average Bonchev–Trinajstić information content (AvgIpc) is 2.74. The molecular weight excluding hydrogens is 480 g/mol. The van der Waals surface area contributed by atoms with Crippen molar-refractivity contribution in [2.45, 2.75) is 30.8 Å². The van der Waals surface area contributed by atoms with Crippen LogP contribution in [0.25, 0.3) is 0 Å². The molecule has 1 aliphatic rings. The van der Waals surface area contributed by atoms with Crippen LogP contribution in [0, 0.1) is 12.7 Å². The smallest absolute Gasteiger partial charge is 0.419 e. The fraction of sp³-hybridized carbons (Fsp3) is 0.364. The molecule has 184 valence electrons. The standard InChI is InChI=1S/C22H22F4N2O5S/c1-14-2-4-17(12-16(14)13-21(30)31)34(32,33)28-8-6-27(7-9-28)20(29)11-15-3-5-18(19(23)10-15)22(24,25)26/h2-5,10,12H,6-9,11,13H2,1H3,(H,30,31). The molecule has 12 heteroatoms. The van der Waals surface area contributed by atoms with E-state index in [1.165, 1.54) is 27.4 Å². The molecule has 0 spiro atoms. The summed E-state index contributed by atoms with van der Waals surface area (Å²) in [5, 5.41) is 9.02. The van der Waals surface area contributed by atoms with Gasteiger partial charge in [0.2, 0.25) is 15.9 Å². The topological polar surface area (TPSA) is 95.0 Å². The first-order valence-electron chi connectivity index (χ1n) is 10.2. The van der Waals surface area contributed by atoms with E-state index in [0.29, 0.717) is 23.3 Å². The Bertz CT molecular complexity index is 1210. The summed E-state index contributed by atoms with van der Waals surface area (Å²) in [4.78, 5) is 24.9. The van der Waals surface area contributed by atoms with Gasteiger partial charge in [-0.15, -0.1) is 0 Å². The molecule has 1 amide bonds. The number of carboxylic acid groups (broad SMARTS) is 1. The Kier molecular flexibility index (Phi) is 7.32. The van der Waals surface area contributed by atoms with Crippen molar-refractivity contribution in [1.82, 2.24) is 9.21 Å². The van der Waals surface area contributed by atoms with Crippen molar-refractivity contribution in [2.24, 2.45) is 0 Å². The summed E-state index contributed by atoms with van der Waals surface area (Å²) in [6.07, 6.45) is -5.47. The lowest BCUT2D eigenvalue weighted by Gasteiger charge is -2.34. The number of hydrogen-bond donors (Lipinski definition) is 1. The number of amides is 1. The fourth-order valence-electron chi connectivity index (χ4n) is 3.67. The predicted molar refractivity (Wildman–Crippen MR) is 113 cm³/mol. The third-order valence-electron chi connectivity index (χ3n) is 5.59. The monoisotopic (exact) mass is 502 g/mol. The molecule has 1 saturated heterocycles. The first-order valence-corrected chi connectivity index (χ1v) is 11.7. The van der Waals surface area contributed by atoms with Gasteiger partial charge in [0, 0.05) is 26.2 Å². The molecule has 1 N–H and O–H groups in total. The van der Waals surface area contributed by atoms with E-state index in [0.717, 1.165) is 6.07 Å². The van der Waals surface area contributed by atoms with Gasteiger partial charge in [0.25, 0.3) is 0 Å². The van der Waals surface area contributed by atoms with Crippen LogP contribution in [0.4, 0.5) is 17.6 Å². The van der Waals surface area contributed by atoms with Gasteiger partial charge in [-0.2, -0.15) is 17.5 Å². The number of aryl methyl sites for hydroxylation is 1. The van der Waals surface area contributed by atoms with Gasteiger partial charge in [-0.05, 0) is 47.9 Å². The summed E-state index contributed by atoms with van der Waals surface area (Å²) in [5.41, 5.74) is -0.302. The van der Waals surface area contributed by atoms with Gasteiger partial charge in [0.05, 0.1) is 23.3 Å². The zero-order valence-corrected chi connectivity index (χ0v) is 18.9. The van der Waals surface area contributed by atoms with E-state index in [9.17, 15) is 35.6 Å². The van der Waals surface area contributed by atoms with E-state index in [4.69, 9.17) is 5.11 Å². The van der Waals surface area contributed by atoms with Gasteiger partial charge in [-0.3, -0.25) is 9.59 Å². The first kappa shape index (κ1) is 25.6. The Balaban J connectivity index is 1.65. The molecule has 1 heterocycles. The van der Waals surface area contributed by atoms with Crippen molar-refractivity contribution in [3.05, 3.63) is 64.5 Å². The minimum Gasteiger partial charge on any atom is -0.481 e. The third-order valence-corrected chi connectivity index (χ3v) is 7.48. The molecule has 1 aliphatic heterocycles. The van der Waals surface area contributed by atoms with Gasteiger partial charge in [-0.1, -0.05) is 12.1 Å². The highest BCUT2D eigenvalue weighted by Crippen LogP contribution is 2.31. The number of carboxylic acids is 1. The highest BCUT2D eigenvalue weighted by Gasteiger charge is 2.34. The molecular formula is C22H22F4N2O5S. The van der Waals surface area contributed by atoms with Crippen LogP contribution >= 0.6 is 0 Å². The maximum absolute atomic E-state index is 13.8. The van der Waals surface area contributed by atoms with Crippen molar-refractivity contribution >= 4 is 21.9 Å². The van der Waals surface area contributed by atoms with Crippen LogP contribution in [0.15, 0.2) is 41.3 Å². The number of piperazine rings is 1. The van der Waals surface area contributed by atoms with E-state index in [1.807, 2.05) is 0 Å². The number of benzene rings is 2. The van der Waals surface area contributed by atoms with Crippen LogP contribution in [0.3, 0.4) is 0 Å². The Morgan fingerprint density at radius 3 is 2.21 bits per heavy atom. The van der Waals surface area contributed by atoms with Gasteiger partial charge in [0.1, 0.15) is 5.82 Å². The van der Waals surface area contributed by atoms with E-state index in [-0.39, 0.29) is 49.5 Å². The van der Waals surface area contributed by atoms with Crippen LogP contribution in [0.5, 0.6) is 0 Å². The van der Waals surface area contributed by atoms with Crippen molar-refractivity contribution in [3.8, 4) is 0 Å². The minimum atomic E-state index is -4.83. The molecule has 0 bridgehead atoms. The second-order valence-electron chi connectivity index (χ2n) is 7.93. The van der Waals surface area contributed by atoms with Crippen LogP contribution in [0.1, 0.15) is 22.3 Å². The SMILES string of the molecule is Cc1ccc(S(=O)(=O)N2CCN(C(=O)Cc3ccc(C(F)(F)F)c(F)c3)CC2)cc1CC(=O)O. The van der Waals surface area contributed by atoms with Crippen molar-refractivity contribution in [2.75, 3.05) is 26.2 Å². The lowest BCUT2D eigenvalue weighted by molar-refractivity contribution is -0.140. The number of hydrogen-bond acceptors (Lipinski definition) is 4. The third kappa shape index (κ3) is 5.73. The Hall–Kier alpha value is -2.99. The first-order chi connectivity index (χ1) is 15.8. The van der Waals surface area contributed by atoms with Crippen molar-refractivity contribution in [1.29, 1.82) is 0 Å². The number of nitrogens with zero attached hydrogens (tertiary/aromatic N) is 2. The molecule has 7 nitrogen and oxygen atoms in total. The molecule has 0 aromatic heterocycles. The van der Waals surface area contributed by atoms with E-state index >= 15 is 0 Å². The molecule has 34 heavy (non-hydrogen) atoms. The van der Waals surface area contributed by atoms with Crippen LogP contribution in [-0.4, -0.2) is 60.8 Å². The summed E-state index contributed by atoms with van der Waals surface area (Å²) in [7, 11) is -3.92. The summed E-state index contributed by atoms with van der Waals surface area (Å²) >= 11 is 0. The number of aliphatic carboxylic acids is 1. The molecule has 2 aromatic carbocycles. The Morgan fingerprint density at radius 2 is 1.65 bits per heavy atom. The molecule has 0 unspecified atom stereocenters. The second-order valence-corrected chi connectivity index (χ2v) is 9.87. The van der Waals surface area contributed by atoms with E-state index < -0.39 is 39.5 Å². The van der Waals surface area contributed by atoms with Crippen molar-refractivity contribution < 1.29 is 40.7 Å². The van der Waals surface area contributed by atoms with Crippen LogP contribution < -0.4 is 0 Å². The fourth-order valence-corrected chi connectivity index (χ4v) is 5.15. The Labute approximate surface area is 193 Å². The van der Waals surface area contributed by atoms with Gasteiger partial charge in [-0.25, -0.2) is 12.8 Å². The summed E-state index contributed by atoms with van der Waals surface area (Å²) in [5.74, 6) is -3.01. The highest BCUT2D eigenvalue weighted by molar-refractivity contribution is 7.89. The van der Waals surface area contributed by atoms with Gasteiger partial charge < -0.3 is 10.0 Å². The predicted octanol–water partition coefficient (Wildman–Crippen LogP) is 2.86. The maximum atomic E-state index is 13.8. The molecule has 2 aromatic rings. The number of rotatable bonds is 6. The maximum Gasteiger partial charge on any atom is 0.419 e. The van der Waals surface area contributed by atoms with E-state index in [2.05, 4.69) is 0 Å². The molecule has 0 atom stereocenters.